The second kappa shape index (κ2) is 11.3. The van der Waals surface area contributed by atoms with Crippen molar-refractivity contribution in [2.24, 2.45) is 0 Å². The normalized spacial score (nSPS) is 11.6. The first-order valence-electron chi connectivity index (χ1n) is 13.0. The van der Waals surface area contributed by atoms with Gasteiger partial charge in [-0.2, -0.15) is 0 Å². The lowest BCUT2D eigenvalue weighted by molar-refractivity contribution is 0.0731. The zero-order chi connectivity index (χ0) is 29.1. The van der Waals surface area contributed by atoms with E-state index in [1.807, 2.05) is 37.3 Å². The van der Waals surface area contributed by atoms with Crippen molar-refractivity contribution in [2.45, 2.75) is 45.4 Å². The lowest BCUT2D eigenvalue weighted by Gasteiger charge is -2.27. The van der Waals surface area contributed by atoms with Crippen molar-refractivity contribution in [3.05, 3.63) is 124 Å². The molecule has 0 aliphatic rings. The highest BCUT2D eigenvalue weighted by atomic mass is 16.7. The van der Waals surface area contributed by atoms with E-state index >= 15 is 0 Å². The van der Waals surface area contributed by atoms with E-state index in [0.29, 0.717) is 11.5 Å². The molecule has 1 N–H and O–H groups in total. The molecular weight excluding hydrogens is 504 g/mol. The fourth-order valence-electron chi connectivity index (χ4n) is 4.57. The average Bonchev–Trinajstić information content (AvgIpc) is 2.94. The third kappa shape index (κ3) is 6.01. The smallest absolute Gasteiger partial charge is 0.507 e. The lowest BCUT2D eigenvalue weighted by Crippen LogP contribution is -2.20. The number of rotatable bonds is 7. The first kappa shape index (κ1) is 28.4. The summed E-state index contributed by atoms with van der Waals surface area (Å²) in [5.41, 5.74) is 4.52. The van der Waals surface area contributed by atoms with Crippen LogP contribution in [0.3, 0.4) is 0 Å². The van der Waals surface area contributed by atoms with Gasteiger partial charge in [0.15, 0.2) is 0 Å². The summed E-state index contributed by atoms with van der Waals surface area (Å²) < 4.78 is 15.2. The summed E-state index contributed by atoms with van der Waals surface area (Å²) >= 11 is 0. The molecule has 0 saturated heterocycles. The molecule has 0 amide bonds. The average molecular weight is 539 g/mol. The molecule has 0 aromatic heterocycles. The standard InChI is InChI=1S/C34H34O6/c1-22-7-9-23(10-8-22)34(4,5)26-15-20-30(35)29(21-26)31(36)39-27-16-11-24(12-17-27)33(2,3)25-13-18-28(19-14-25)40-32(37)38-6/h7-21,35H,1-6H3. The molecule has 0 bridgehead atoms. The van der Waals surface area contributed by atoms with E-state index in [1.165, 1.54) is 18.7 Å². The number of esters is 1. The van der Waals surface area contributed by atoms with E-state index in [-0.39, 0.29) is 22.1 Å². The summed E-state index contributed by atoms with van der Waals surface area (Å²) in [7, 11) is 1.26. The van der Waals surface area contributed by atoms with E-state index < -0.39 is 12.1 Å². The quantitative estimate of drug-likeness (QED) is 0.147. The predicted octanol–water partition coefficient (Wildman–Crippen LogP) is 7.72. The highest BCUT2D eigenvalue weighted by Crippen LogP contribution is 2.36. The van der Waals surface area contributed by atoms with Crippen molar-refractivity contribution in [3.8, 4) is 17.2 Å². The van der Waals surface area contributed by atoms with Crippen LogP contribution < -0.4 is 9.47 Å². The minimum Gasteiger partial charge on any atom is -0.507 e. The number of ether oxygens (including phenoxy) is 3. The molecule has 6 heteroatoms. The van der Waals surface area contributed by atoms with Crippen LogP contribution in [0.5, 0.6) is 17.2 Å². The number of aryl methyl sites for hydroxylation is 1. The Kier molecular flexibility index (Phi) is 8.01. The second-order valence-corrected chi connectivity index (χ2v) is 10.8. The van der Waals surface area contributed by atoms with E-state index in [4.69, 9.17) is 9.47 Å². The second-order valence-electron chi connectivity index (χ2n) is 10.8. The van der Waals surface area contributed by atoms with Crippen molar-refractivity contribution >= 4 is 12.1 Å². The Balaban J connectivity index is 1.50. The monoisotopic (exact) mass is 538 g/mol. The summed E-state index contributed by atoms with van der Waals surface area (Å²) in [6.07, 6.45) is -0.771. The maximum absolute atomic E-state index is 13.1. The molecule has 206 valence electrons. The number of carbonyl (C=O) groups is 2. The Morgan fingerprint density at radius 1 is 0.625 bits per heavy atom. The van der Waals surface area contributed by atoms with Gasteiger partial charge in [-0.1, -0.05) is 87.9 Å². The van der Waals surface area contributed by atoms with Gasteiger partial charge in [-0.3, -0.25) is 0 Å². The van der Waals surface area contributed by atoms with Crippen molar-refractivity contribution in [3.63, 3.8) is 0 Å². The van der Waals surface area contributed by atoms with Crippen LogP contribution in [0, 0.1) is 6.92 Å². The molecule has 4 aromatic rings. The van der Waals surface area contributed by atoms with Crippen LogP contribution in [-0.2, 0) is 15.6 Å². The summed E-state index contributed by atoms with van der Waals surface area (Å²) in [5.74, 6) is -0.00435. The van der Waals surface area contributed by atoms with Crippen LogP contribution in [0.25, 0.3) is 0 Å². The predicted molar refractivity (Wildman–Crippen MR) is 154 cm³/mol. The highest BCUT2D eigenvalue weighted by molar-refractivity contribution is 5.94. The third-order valence-electron chi connectivity index (χ3n) is 7.44. The van der Waals surface area contributed by atoms with Gasteiger partial charge in [0.25, 0.3) is 0 Å². The van der Waals surface area contributed by atoms with Gasteiger partial charge in [0, 0.05) is 10.8 Å². The first-order valence-corrected chi connectivity index (χ1v) is 13.0. The fourth-order valence-corrected chi connectivity index (χ4v) is 4.57. The van der Waals surface area contributed by atoms with E-state index in [0.717, 1.165) is 22.3 Å². The summed E-state index contributed by atoms with van der Waals surface area (Å²) in [6, 6.07) is 27.8. The van der Waals surface area contributed by atoms with Gasteiger partial charge in [-0.25, -0.2) is 9.59 Å². The van der Waals surface area contributed by atoms with Crippen LogP contribution >= 0.6 is 0 Å². The lowest BCUT2D eigenvalue weighted by atomic mass is 9.77. The highest BCUT2D eigenvalue weighted by Gasteiger charge is 2.27. The topological polar surface area (TPSA) is 82.1 Å². The van der Waals surface area contributed by atoms with Gasteiger partial charge in [-0.15, -0.1) is 0 Å². The number of hydrogen-bond donors (Lipinski definition) is 1. The Hall–Kier alpha value is -4.58. The van der Waals surface area contributed by atoms with Crippen LogP contribution in [-0.4, -0.2) is 24.3 Å². The SMILES string of the molecule is COC(=O)Oc1ccc(C(C)(C)c2ccc(OC(=O)c3cc(C(C)(C)c4ccc(C)cc4)ccc3O)cc2)cc1. The summed E-state index contributed by atoms with van der Waals surface area (Å²) in [6.45, 7) is 10.4. The van der Waals surface area contributed by atoms with E-state index in [1.54, 1.807) is 30.3 Å². The van der Waals surface area contributed by atoms with Crippen molar-refractivity contribution in [2.75, 3.05) is 7.11 Å². The molecule has 0 spiro atoms. The number of aromatic hydroxyl groups is 1. The molecule has 40 heavy (non-hydrogen) atoms. The van der Waals surface area contributed by atoms with Crippen LogP contribution in [0.15, 0.2) is 91.0 Å². The summed E-state index contributed by atoms with van der Waals surface area (Å²) in [4.78, 5) is 24.4. The summed E-state index contributed by atoms with van der Waals surface area (Å²) in [5, 5.41) is 10.5. The molecule has 0 heterocycles. The number of hydrogen-bond acceptors (Lipinski definition) is 6. The maximum Gasteiger partial charge on any atom is 0.513 e. The van der Waals surface area contributed by atoms with Gasteiger partial charge in [-0.05, 0) is 65.6 Å². The molecule has 0 aliphatic heterocycles. The Morgan fingerprint density at radius 2 is 1.05 bits per heavy atom. The van der Waals surface area contributed by atoms with E-state index in [2.05, 4.69) is 56.7 Å². The minimum absolute atomic E-state index is 0.108. The van der Waals surface area contributed by atoms with Crippen LogP contribution in [0.4, 0.5) is 4.79 Å². The molecule has 0 atom stereocenters. The van der Waals surface area contributed by atoms with Gasteiger partial charge < -0.3 is 19.3 Å². The Labute approximate surface area is 235 Å². The van der Waals surface area contributed by atoms with Gasteiger partial charge >= 0.3 is 12.1 Å². The number of phenols is 1. The number of phenolic OH excluding ortho intramolecular Hbond substituents is 1. The van der Waals surface area contributed by atoms with Crippen LogP contribution in [0.1, 0.15) is 65.9 Å². The van der Waals surface area contributed by atoms with Gasteiger partial charge in [0.05, 0.1) is 7.11 Å². The minimum atomic E-state index is -0.771. The first-order chi connectivity index (χ1) is 18.9. The molecule has 0 unspecified atom stereocenters. The molecule has 0 radical (unpaired) electrons. The largest absolute Gasteiger partial charge is 0.513 e. The van der Waals surface area contributed by atoms with Crippen molar-refractivity contribution in [1.29, 1.82) is 0 Å². The number of methoxy groups -OCH3 is 1. The molecule has 0 saturated carbocycles. The molecule has 0 aliphatic carbocycles. The maximum atomic E-state index is 13.1. The molecule has 4 aromatic carbocycles. The number of carbonyl (C=O) groups excluding carboxylic acids is 2. The molecular formula is C34H34O6. The van der Waals surface area contributed by atoms with Crippen molar-refractivity contribution in [1.82, 2.24) is 0 Å². The third-order valence-corrected chi connectivity index (χ3v) is 7.44. The van der Waals surface area contributed by atoms with Crippen molar-refractivity contribution < 1.29 is 28.9 Å². The van der Waals surface area contributed by atoms with Gasteiger partial charge in [0.2, 0.25) is 0 Å². The fraction of sp³-hybridized carbons (Fsp3) is 0.235. The van der Waals surface area contributed by atoms with Gasteiger partial charge in [0.1, 0.15) is 22.8 Å². The van der Waals surface area contributed by atoms with Crippen LogP contribution in [0.2, 0.25) is 0 Å². The Bertz CT molecular complexity index is 1500. The Morgan fingerprint density at radius 3 is 1.55 bits per heavy atom. The molecule has 6 nitrogen and oxygen atoms in total. The zero-order valence-electron chi connectivity index (χ0n) is 23.6. The molecule has 4 rings (SSSR count). The molecule has 0 fully saturated rings. The zero-order valence-corrected chi connectivity index (χ0v) is 23.6. The van der Waals surface area contributed by atoms with E-state index in [9.17, 15) is 14.7 Å². The number of benzene rings is 4.